The molecule has 1 fully saturated rings. The molecule has 0 aliphatic carbocycles. The van der Waals surface area contributed by atoms with E-state index in [0.29, 0.717) is 6.42 Å². The van der Waals surface area contributed by atoms with Crippen LogP contribution in [0.3, 0.4) is 0 Å². The van der Waals surface area contributed by atoms with E-state index >= 15 is 0 Å². The first kappa shape index (κ1) is 80.7. The van der Waals surface area contributed by atoms with Gasteiger partial charge in [0, 0.05) is 6.42 Å². The summed E-state index contributed by atoms with van der Waals surface area (Å²) in [6, 6.07) is -0.820. The molecule has 1 aliphatic heterocycles. The number of rotatable bonds is 67. The Morgan fingerprint density at radius 3 is 1.00 bits per heavy atom. The lowest BCUT2D eigenvalue weighted by Gasteiger charge is -2.40. The van der Waals surface area contributed by atoms with E-state index in [-0.39, 0.29) is 12.5 Å². The van der Waals surface area contributed by atoms with Crippen LogP contribution >= 0.6 is 0 Å². The van der Waals surface area contributed by atoms with Gasteiger partial charge in [-0.25, -0.2) is 0 Å². The van der Waals surface area contributed by atoms with Gasteiger partial charge in [-0.2, -0.15) is 0 Å². The van der Waals surface area contributed by atoms with Crippen LogP contribution in [0.5, 0.6) is 0 Å². The zero-order valence-corrected chi connectivity index (χ0v) is 55.9. The monoisotopic (exact) mass is 1190 g/mol. The van der Waals surface area contributed by atoms with E-state index in [2.05, 4.69) is 31.3 Å². The molecule has 9 heteroatoms. The number of ether oxygens (including phenoxy) is 2. The Morgan fingerprint density at radius 1 is 0.393 bits per heavy atom. The van der Waals surface area contributed by atoms with Gasteiger partial charge in [-0.3, -0.25) is 4.79 Å². The zero-order chi connectivity index (χ0) is 60.7. The number of aliphatic hydroxyl groups is 5. The van der Waals surface area contributed by atoms with Crippen LogP contribution in [0.1, 0.15) is 393 Å². The van der Waals surface area contributed by atoms with Crippen LogP contribution in [-0.4, -0.2) is 87.5 Å². The molecule has 7 atom stereocenters. The largest absolute Gasteiger partial charge is 0.394 e. The predicted molar refractivity (Wildman–Crippen MR) is 360 cm³/mol. The normalized spacial score (nSPS) is 18.2. The summed E-state index contributed by atoms with van der Waals surface area (Å²) < 4.78 is 11.3. The minimum absolute atomic E-state index is 0.177. The van der Waals surface area contributed by atoms with Gasteiger partial charge in [0.1, 0.15) is 24.4 Å². The standard InChI is InChI=1S/C75H145NO8/c1-3-5-7-9-11-13-15-17-19-21-23-25-27-28-29-30-31-32-33-34-35-36-37-38-39-40-41-42-43-45-47-49-51-53-55-57-59-61-63-65-71(79)76-68(67-83-75-74(82)73(81)72(80)70(66-77)84-75)69(78)64-62-60-58-56-54-52-50-48-46-44-26-24-22-20-18-16-14-12-10-8-6-4-2/h54,56,62,64,68-70,72-75,77-78,80-82H,3-53,55,57-61,63,65-67H2,1-2H3,(H,76,79)/b56-54+,64-62+. The molecule has 0 bridgehead atoms. The molecule has 0 saturated carbocycles. The smallest absolute Gasteiger partial charge is 0.220 e. The van der Waals surface area contributed by atoms with E-state index < -0.39 is 49.5 Å². The number of hydrogen-bond acceptors (Lipinski definition) is 8. The summed E-state index contributed by atoms with van der Waals surface area (Å²) in [6.07, 6.45) is 79.0. The van der Waals surface area contributed by atoms with Crippen molar-refractivity contribution in [2.75, 3.05) is 13.2 Å². The van der Waals surface area contributed by atoms with Crippen molar-refractivity contribution in [2.24, 2.45) is 0 Å². The van der Waals surface area contributed by atoms with E-state index in [0.717, 1.165) is 38.5 Å². The minimum Gasteiger partial charge on any atom is -0.394 e. The van der Waals surface area contributed by atoms with E-state index in [9.17, 15) is 30.3 Å². The van der Waals surface area contributed by atoms with Gasteiger partial charge in [0.15, 0.2) is 6.29 Å². The Balaban J connectivity index is 2.05. The van der Waals surface area contributed by atoms with E-state index in [1.165, 1.54) is 334 Å². The maximum absolute atomic E-state index is 13.1. The van der Waals surface area contributed by atoms with Crippen molar-refractivity contribution >= 4 is 5.91 Å². The topological polar surface area (TPSA) is 149 Å². The van der Waals surface area contributed by atoms with Crippen LogP contribution < -0.4 is 5.32 Å². The number of amides is 1. The first-order valence-electron chi connectivity index (χ1n) is 37.6. The first-order chi connectivity index (χ1) is 41.3. The van der Waals surface area contributed by atoms with E-state index in [1.807, 2.05) is 6.08 Å². The number of allylic oxidation sites excluding steroid dienone is 3. The van der Waals surface area contributed by atoms with Crippen LogP contribution in [0.25, 0.3) is 0 Å². The Bertz CT molecular complexity index is 1380. The summed E-state index contributed by atoms with van der Waals surface area (Å²) in [5.41, 5.74) is 0. The van der Waals surface area contributed by atoms with Crippen LogP contribution in [-0.2, 0) is 14.3 Å². The summed E-state index contributed by atoms with van der Waals surface area (Å²) >= 11 is 0. The van der Waals surface area contributed by atoms with Gasteiger partial charge >= 0.3 is 0 Å². The molecule has 0 aromatic carbocycles. The lowest BCUT2D eigenvalue weighted by atomic mass is 9.99. The molecule has 1 rings (SSSR count). The van der Waals surface area contributed by atoms with Gasteiger partial charge in [0.05, 0.1) is 25.4 Å². The second-order valence-corrected chi connectivity index (χ2v) is 26.4. The number of carbonyl (C=O) groups excluding carboxylic acids is 1. The number of unbranched alkanes of at least 4 members (excludes halogenated alkanes) is 55. The van der Waals surface area contributed by atoms with Gasteiger partial charge in [0.25, 0.3) is 0 Å². The van der Waals surface area contributed by atoms with Crippen molar-refractivity contribution in [3.8, 4) is 0 Å². The molecule has 1 aliphatic rings. The van der Waals surface area contributed by atoms with Gasteiger partial charge in [-0.05, 0) is 32.1 Å². The van der Waals surface area contributed by atoms with E-state index in [4.69, 9.17) is 9.47 Å². The third-order valence-electron chi connectivity index (χ3n) is 18.3. The fraction of sp³-hybridized carbons (Fsp3) is 0.933. The summed E-state index contributed by atoms with van der Waals surface area (Å²) in [6.45, 7) is 3.83. The highest BCUT2D eigenvalue weighted by atomic mass is 16.7. The van der Waals surface area contributed by atoms with Gasteiger partial charge in [-0.1, -0.05) is 378 Å². The SMILES string of the molecule is CCCCCCCCCCCCCCCCCC/C=C/CC/C=C/C(O)C(COC1OC(CO)C(O)C(O)C1O)NC(=O)CCCCCCCCCCCCCCCCCCCCCCCCCCCCCCCCCCCCCCCCC. The first-order valence-corrected chi connectivity index (χ1v) is 37.6. The predicted octanol–water partition coefficient (Wildman–Crippen LogP) is 20.8. The second kappa shape index (κ2) is 64.6. The number of hydrogen-bond donors (Lipinski definition) is 6. The maximum atomic E-state index is 13.1. The quantitative estimate of drug-likeness (QED) is 0.0261. The second-order valence-electron chi connectivity index (χ2n) is 26.4. The Labute approximate surface area is 521 Å². The lowest BCUT2D eigenvalue weighted by molar-refractivity contribution is -0.302. The lowest BCUT2D eigenvalue weighted by Crippen LogP contribution is -2.60. The molecule has 84 heavy (non-hydrogen) atoms. The average Bonchev–Trinajstić information content (AvgIpc) is 3.70. The highest BCUT2D eigenvalue weighted by Crippen LogP contribution is 2.24. The van der Waals surface area contributed by atoms with Crippen molar-refractivity contribution in [1.29, 1.82) is 0 Å². The molecular formula is C75H145NO8. The van der Waals surface area contributed by atoms with Gasteiger partial charge < -0.3 is 40.3 Å². The van der Waals surface area contributed by atoms with Gasteiger partial charge in [0.2, 0.25) is 5.91 Å². The Kier molecular flexibility index (Phi) is 62.1. The Hall–Kier alpha value is -1.33. The molecule has 0 aromatic rings. The van der Waals surface area contributed by atoms with Crippen molar-refractivity contribution in [1.82, 2.24) is 5.32 Å². The molecule has 0 aromatic heterocycles. The van der Waals surface area contributed by atoms with Crippen molar-refractivity contribution in [3.05, 3.63) is 24.3 Å². The highest BCUT2D eigenvalue weighted by Gasteiger charge is 2.44. The summed E-state index contributed by atoms with van der Waals surface area (Å²) in [4.78, 5) is 13.1. The van der Waals surface area contributed by atoms with Crippen LogP contribution in [0.2, 0.25) is 0 Å². The molecule has 0 spiro atoms. The Morgan fingerprint density at radius 2 is 0.679 bits per heavy atom. The third-order valence-corrected chi connectivity index (χ3v) is 18.3. The van der Waals surface area contributed by atoms with Crippen molar-refractivity contribution in [2.45, 2.75) is 436 Å². The number of aliphatic hydroxyl groups excluding tert-OH is 5. The van der Waals surface area contributed by atoms with Crippen LogP contribution in [0.15, 0.2) is 24.3 Å². The zero-order valence-electron chi connectivity index (χ0n) is 55.9. The third kappa shape index (κ3) is 52.6. The fourth-order valence-corrected chi connectivity index (χ4v) is 12.4. The molecule has 1 heterocycles. The molecule has 1 saturated heterocycles. The molecule has 1 amide bonds. The molecule has 6 N–H and O–H groups in total. The number of carbonyl (C=O) groups is 1. The summed E-state index contributed by atoms with van der Waals surface area (Å²) in [7, 11) is 0. The fourth-order valence-electron chi connectivity index (χ4n) is 12.4. The minimum atomic E-state index is -1.57. The maximum Gasteiger partial charge on any atom is 0.220 e. The van der Waals surface area contributed by atoms with Crippen molar-refractivity contribution in [3.63, 3.8) is 0 Å². The summed E-state index contributed by atoms with van der Waals surface area (Å²) in [5.74, 6) is -0.177. The molecule has 498 valence electrons. The molecule has 7 unspecified atom stereocenters. The van der Waals surface area contributed by atoms with E-state index in [1.54, 1.807) is 6.08 Å². The van der Waals surface area contributed by atoms with Crippen LogP contribution in [0.4, 0.5) is 0 Å². The highest BCUT2D eigenvalue weighted by molar-refractivity contribution is 5.76. The molecule has 9 nitrogen and oxygen atoms in total. The summed E-state index contributed by atoms with van der Waals surface area (Å²) in [5, 5.41) is 54.7. The van der Waals surface area contributed by atoms with Gasteiger partial charge in [-0.15, -0.1) is 0 Å². The van der Waals surface area contributed by atoms with Crippen molar-refractivity contribution < 1.29 is 39.8 Å². The average molecular weight is 1190 g/mol. The molecule has 0 radical (unpaired) electrons. The number of nitrogens with one attached hydrogen (secondary N) is 1. The van der Waals surface area contributed by atoms with Crippen LogP contribution in [0, 0.1) is 0 Å². The molecular weight excluding hydrogens is 1040 g/mol.